The van der Waals surface area contributed by atoms with Gasteiger partial charge in [0, 0.05) is 5.69 Å². The molecule has 20 heavy (non-hydrogen) atoms. The molecule has 108 valence electrons. The van der Waals surface area contributed by atoms with Crippen LogP contribution in [0.15, 0.2) is 24.3 Å². The van der Waals surface area contributed by atoms with Crippen LogP contribution in [0.2, 0.25) is 0 Å². The normalized spacial score (nSPS) is 12.4. The molecule has 1 aromatic carbocycles. The summed E-state index contributed by atoms with van der Waals surface area (Å²) >= 11 is 0. The zero-order valence-electron chi connectivity index (χ0n) is 12.1. The van der Waals surface area contributed by atoms with E-state index in [0.29, 0.717) is 18.3 Å². The number of benzene rings is 1. The summed E-state index contributed by atoms with van der Waals surface area (Å²) in [5.41, 5.74) is 7.01. The van der Waals surface area contributed by atoms with Gasteiger partial charge in [-0.05, 0) is 30.2 Å². The van der Waals surface area contributed by atoms with Gasteiger partial charge in [-0.2, -0.15) is 5.10 Å². The second-order valence-corrected chi connectivity index (χ2v) is 4.99. The molecule has 0 saturated carbocycles. The number of aromatic amines is 1. The van der Waals surface area contributed by atoms with Crippen molar-refractivity contribution in [3.05, 3.63) is 35.9 Å². The summed E-state index contributed by atoms with van der Waals surface area (Å²) in [7, 11) is 1.65. The topological polar surface area (TPSA) is 88.8 Å². The molecular weight excluding hydrogens is 254 g/mol. The summed E-state index contributed by atoms with van der Waals surface area (Å²) in [5.74, 6) is 2.58. The Kier molecular flexibility index (Phi) is 4.57. The highest BCUT2D eigenvalue weighted by Gasteiger charge is 2.15. The summed E-state index contributed by atoms with van der Waals surface area (Å²) in [6, 6.07) is 7.58. The van der Waals surface area contributed by atoms with Crippen molar-refractivity contribution in [2.45, 2.75) is 26.4 Å². The van der Waals surface area contributed by atoms with Crippen LogP contribution in [0.5, 0.6) is 5.75 Å². The van der Waals surface area contributed by atoms with Gasteiger partial charge in [-0.1, -0.05) is 13.8 Å². The average molecular weight is 275 g/mol. The molecule has 0 aliphatic heterocycles. The highest BCUT2D eigenvalue weighted by Crippen LogP contribution is 2.16. The lowest BCUT2D eigenvalue weighted by Crippen LogP contribution is -2.18. The van der Waals surface area contributed by atoms with E-state index in [1.165, 1.54) is 0 Å². The van der Waals surface area contributed by atoms with Gasteiger partial charge in [0.15, 0.2) is 5.82 Å². The number of nitrogens with zero attached hydrogens (tertiary/aromatic N) is 2. The van der Waals surface area contributed by atoms with E-state index < -0.39 is 0 Å². The molecule has 0 amide bonds. The van der Waals surface area contributed by atoms with E-state index in [2.05, 4.69) is 34.3 Å². The maximum Gasteiger partial charge on any atom is 0.167 e. The fourth-order valence-corrected chi connectivity index (χ4v) is 1.73. The number of nitrogens with two attached hydrogens (primary N) is 1. The van der Waals surface area contributed by atoms with E-state index in [9.17, 15) is 0 Å². The minimum atomic E-state index is -0.138. The first kappa shape index (κ1) is 14.3. The number of ether oxygens (including phenoxy) is 1. The molecule has 0 fully saturated rings. The van der Waals surface area contributed by atoms with E-state index in [0.717, 1.165) is 17.3 Å². The number of aromatic nitrogens is 3. The van der Waals surface area contributed by atoms with Gasteiger partial charge in [-0.25, -0.2) is 4.98 Å². The third-order valence-electron chi connectivity index (χ3n) is 3.12. The standard InChI is InChI=1S/C14H21N5O/c1-9(2)13(15)14-17-12(18-19-14)8-16-10-4-6-11(20-3)7-5-10/h4-7,9,13,16H,8,15H2,1-3H3,(H,17,18,19). The molecule has 4 N–H and O–H groups in total. The van der Waals surface area contributed by atoms with E-state index >= 15 is 0 Å². The summed E-state index contributed by atoms with van der Waals surface area (Å²) in [6.45, 7) is 4.68. The quantitative estimate of drug-likeness (QED) is 0.751. The monoisotopic (exact) mass is 275 g/mol. The third kappa shape index (κ3) is 3.48. The van der Waals surface area contributed by atoms with Crippen LogP contribution in [-0.4, -0.2) is 22.3 Å². The Morgan fingerprint density at radius 2 is 2.00 bits per heavy atom. The highest BCUT2D eigenvalue weighted by molar-refractivity contribution is 5.46. The molecule has 2 rings (SSSR count). The van der Waals surface area contributed by atoms with Gasteiger partial charge in [-0.15, -0.1) is 0 Å². The molecule has 0 saturated heterocycles. The predicted molar refractivity (Wildman–Crippen MR) is 78.5 cm³/mol. The van der Waals surface area contributed by atoms with Crippen LogP contribution in [0.25, 0.3) is 0 Å². The van der Waals surface area contributed by atoms with Crippen molar-refractivity contribution in [1.82, 2.24) is 15.2 Å². The van der Waals surface area contributed by atoms with Crippen LogP contribution in [0.4, 0.5) is 5.69 Å². The minimum Gasteiger partial charge on any atom is -0.497 e. The summed E-state index contributed by atoms with van der Waals surface area (Å²) in [5, 5.41) is 10.3. The van der Waals surface area contributed by atoms with E-state index in [-0.39, 0.29) is 6.04 Å². The van der Waals surface area contributed by atoms with Gasteiger partial charge in [0.2, 0.25) is 0 Å². The smallest absolute Gasteiger partial charge is 0.167 e. The number of rotatable bonds is 6. The Balaban J connectivity index is 1.93. The van der Waals surface area contributed by atoms with E-state index in [4.69, 9.17) is 10.5 Å². The molecular formula is C14H21N5O. The zero-order chi connectivity index (χ0) is 14.5. The summed E-state index contributed by atoms with van der Waals surface area (Å²) < 4.78 is 5.11. The number of nitrogens with one attached hydrogen (secondary N) is 2. The molecule has 1 unspecified atom stereocenters. The number of hydrogen-bond acceptors (Lipinski definition) is 5. The molecule has 0 aliphatic carbocycles. The Hall–Kier alpha value is -2.08. The maximum absolute atomic E-state index is 6.01. The minimum absolute atomic E-state index is 0.138. The van der Waals surface area contributed by atoms with Crippen LogP contribution in [0.3, 0.4) is 0 Å². The van der Waals surface area contributed by atoms with Crippen LogP contribution < -0.4 is 15.8 Å². The number of anilines is 1. The van der Waals surface area contributed by atoms with Crippen LogP contribution in [0, 0.1) is 5.92 Å². The lowest BCUT2D eigenvalue weighted by atomic mass is 10.1. The van der Waals surface area contributed by atoms with Gasteiger partial charge >= 0.3 is 0 Å². The molecule has 0 spiro atoms. The highest BCUT2D eigenvalue weighted by atomic mass is 16.5. The largest absolute Gasteiger partial charge is 0.497 e. The van der Waals surface area contributed by atoms with Crippen LogP contribution in [-0.2, 0) is 6.54 Å². The lowest BCUT2D eigenvalue weighted by Gasteiger charge is -2.10. The lowest BCUT2D eigenvalue weighted by molar-refractivity contribution is 0.415. The number of hydrogen-bond donors (Lipinski definition) is 3. The Morgan fingerprint density at radius 1 is 1.30 bits per heavy atom. The van der Waals surface area contributed by atoms with Crippen molar-refractivity contribution >= 4 is 5.69 Å². The van der Waals surface area contributed by atoms with Gasteiger partial charge < -0.3 is 15.8 Å². The van der Waals surface area contributed by atoms with E-state index in [1.54, 1.807) is 7.11 Å². The molecule has 1 heterocycles. The van der Waals surface area contributed by atoms with Gasteiger partial charge in [0.25, 0.3) is 0 Å². The first-order valence-corrected chi connectivity index (χ1v) is 6.65. The number of methoxy groups -OCH3 is 1. The second kappa shape index (κ2) is 6.38. The van der Waals surface area contributed by atoms with Gasteiger partial charge in [0.1, 0.15) is 11.6 Å². The molecule has 6 heteroatoms. The van der Waals surface area contributed by atoms with Crippen molar-refractivity contribution < 1.29 is 4.74 Å². The Bertz CT molecular complexity index is 535. The summed E-state index contributed by atoms with van der Waals surface area (Å²) in [6.07, 6.45) is 0. The van der Waals surface area contributed by atoms with Crippen molar-refractivity contribution in [1.29, 1.82) is 0 Å². The van der Waals surface area contributed by atoms with Gasteiger partial charge in [-0.3, -0.25) is 5.10 Å². The summed E-state index contributed by atoms with van der Waals surface area (Å²) in [4.78, 5) is 4.40. The molecule has 2 aromatic rings. The molecule has 0 bridgehead atoms. The predicted octanol–water partition coefficient (Wildman–Crippen LogP) is 2.08. The maximum atomic E-state index is 6.01. The van der Waals surface area contributed by atoms with Crippen molar-refractivity contribution in [2.24, 2.45) is 11.7 Å². The van der Waals surface area contributed by atoms with Gasteiger partial charge in [0.05, 0.1) is 19.7 Å². The van der Waals surface area contributed by atoms with E-state index in [1.807, 2.05) is 24.3 Å². The average Bonchev–Trinajstić information content (AvgIpc) is 2.93. The fraction of sp³-hybridized carbons (Fsp3) is 0.429. The fourth-order valence-electron chi connectivity index (χ4n) is 1.73. The molecule has 6 nitrogen and oxygen atoms in total. The second-order valence-electron chi connectivity index (χ2n) is 4.99. The molecule has 0 aliphatic rings. The molecule has 1 atom stereocenters. The van der Waals surface area contributed by atoms with Crippen LogP contribution in [0.1, 0.15) is 31.5 Å². The third-order valence-corrected chi connectivity index (χ3v) is 3.12. The first-order valence-electron chi connectivity index (χ1n) is 6.65. The Labute approximate surface area is 118 Å². The van der Waals surface area contributed by atoms with Crippen molar-refractivity contribution in [3.63, 3.8) is 0 Å². The molecule has 1 aromatic heterocycles. The number of H-pyrrole nitrogens is 1. The SMILES string of the molecule is COc1ccc(NCc2nc(C(N)C(C)C)n[nH]2)cc1. The van der Waals surface area contributed by atoms with Crippen molar-refractivity contribution in [2.75, 3.05) is 12.4 Å². The molecule has 0 radical (unpaired) electrons. The first-order chi connectivity index (χ1) is 9.60. The zero-order valence-corrected chi connectivity index (χ0v) is 12.1. The van der Waals surface area contributed by atoms with Crippen LogP contribution >= 0.6 is 0 Å². The Morgan fingerprint density at radius 3 is 2.60 bits per heavy atom. The van der Waals surface area contributed by atoms with Crippen molar-refractivity contribution in [3.8, 4) is 5.75 Å².